The smallest absolute Gasteiger partial charge is 0.256 e. The van der Waals surface area contributed by atoms with Crippen molar-refractivity contribution in [2.75, 3.05) is 18.4 Å². The molecule has 2 heterocycles. The second-order valence-electron chi connectivity index (χ2n) is 7.22. The molecule has 0 unspecified atom stereocenters. The molecule has 1 aliphatic rings. The Hall–Kier alpha value is -2.90. The number of aliphatic hydroxyl groups is 1. The van der Waals surface area contributed by atoms with E-state index in [0.29, 0.717) is 36.5 Å². The minimum absolute atomic E-state index is 0.0599. The van der Waals surface area contributed by atoms with Gasteiger partial charge in [-0.05, 0) is 48.7 Å². The molecule has 2 amide bonds. The van der Waals surface area contributed by atoms with Crippen molar-refractivity contribution >= 4 is 40.0 Å². The third-order valence-electron chi connectivity index (χ3n) is 5.28. The van der Waals surface area contributed by atoms with Crippen LogP contribution in [0.25, 0.3) is 10.9 Å². The molecule has 2 aromatic carbocycles. The van der Waals surface area contributed by atoms with E-state index in [-0.39, 0.29) is 17.7 Å². The third kappa shape index (κ3) is 4.26. The lowest BCUT2D eigenvalue weighted by Crippen LogP contribution is -2.43. The number of amides is 2. The van der Waals surface area contributed by atoms with Crippen LogP contribution in [-0.4, -0.2) is 45.1 Å². The molecule has 1 aromatic heterocycles. The Balaban J connectivity index is 1.33. The van der Waals surface area contributed by atoms with Gasteiger partial charge < -0.3 is 15.3 Å². The van der Waals surface area contributed by atoms with E-state index < -0.39 is 6.10 Å². The average molecular weight is 413 g/mol. The topological polar surface area (TPSA) is 98.3 Å². The molecule has 150 valence electrons. The Morgan fingerprint density at radius 3 is 2.76 bits per heavy atom. The summed E-state index contributed by atoms with van der Waals surface area (Å²) in [6.07, 6.45) is 1.56. The van der Waals surface area contributed by atoms with Gasteiger partial charge in [-0.3, -0.25) is 14.7 Å². The number of fused-ring (bicyclic) bond motifs is 1. The molecule has 0 radical (unpaired) electrons. The molecule has 3 N–H and O–H groups in total. The van der Waals surface area contributed by atoms with E-state index in [9.17, 15) is 14.7 Å². The van der Waals surface area contributed by atoms with Gasteiger partial charge in [0.25, 0.3) is 5.91 Å². The lowest BCUT2D eigenvalue weighted by atomic mass is 9.95. The van der Waals surface area contributed by atoms with Crippen molar-refractivity contribution in [1.29, 1.82) is 0 Å². The van der Waals surface area contributed by atoms with Crippen LogP contribution in [0.1, 0.15) is 24.5 Å². The van der Waals surface area contributed by atoms with Crippen molar-refractivity contribution in [2.45, 2.75) is 18.9 Å². The fourth-order valence-electron chi connectivity index (χ4n) is 3.62. The fraction of sp³-hybridized carbons (Fsp3) is 0.286. The summed E-state index contributed by atoms with van der Waals surface area (Å²) < 4.78 is 0. The van der Waals surface area contributed by atoms with E-state index in [0.717, 1.165) is 16.6 Å². The number of piperidine rings is 1. The number of aromatic amines is 1. The number of halogens is 1. The SMILES string of the molecule is O=C(Nc1ccc2[nH]ncc2c1)C1CCN(C(=O)[C@H](O)c2cccc(Cl)c2)CC1. The molecule has 8 heteroatoms. The van der Waals surface area contributed by atoms with Crippen LogP contribution < -0.4 is 5.32 Å². The molecule has 0 aliphatic carbocycles. The highest BCUT2D eigenvalue weighted by atomic mass is 35.5. The summed E-state index contributed by atoms with van der Waals surface area (Å²) in [6, 6.07) is 12.2. The summed E-state index contributed by atoms with van der Waals surface area (Å²) in [5.74, 6) is -0.603. The molecule has 1 aliphatic heterocycles. The number of aromatic nitrogens is 2. The molecule has 0 spiro atoms. The highest BCUT2D eigenvalue weighted by molar-refractivity contribution is 6.30. The van der Waals surface area contributed by atoms with Crippen molar-refractivity contribution in [3.63, 3.8) is 0 Å². The average Bonchev–Trinajstić information content (AvgIpc) is 3.20. The number of carbonyl (C=O) groups excluding carboxylic acids is 2. The first-order valence-corrected chi connectivity index (χ1v) is 9.85. The summed E-state index contributed by atoms with van der Waals surface area (Å²) in [5.41, 5.74) is 2.10. The van der Waals surface area contributed by atoms with Gasteiger partial charge in [0, 0.05) is 35.1 Å². The first-order chi connectivity index (χ1) is 14.0. The van der Waals surface area contributed by atoms with E-state index in [1.54, 1.807) is 35.4 Å². The fourth-order valence-corrected chi connectivity index (χ4v) is 3.82. The van der Waals surface area contributed by atoms with Crippen molar-refractivity contribution in [3.05, 3.63) is 59.2 Å². The first kappa shape index (κ1) is 19.4. The summed E-state index contributed by atoms with van der Waals surface area (Å²) >= 11 is 5.94. The Bertz CT molecular complexity index is 1040. The Morgan fingerprint density at radius 2 is 2.00 bits per heavy atom. The Labute approximate surface area is 172 Å². The molecule has 3 aromatic rings. The number of nitrogens with one attached hydrogen (secondary N) is 2. The van der Waals surface area contributed by atoms with Crippen molar-refractivity contribution < 1.29 is 14.7 Å². The van der Waals surface area contributed by atoms with Crippen LogP contribution in [0.4, 0.5) is 5.69 Å². The number of rotatable bonds is 4. The summed E-state index contributed by atoms with van der Waals surface area (Å²) in [4.78, 5) is 26.8. The van der Waals surface area contributed by atoms with E-state index >= 15 is 0 Å². The second kappa shape index (κ2) is 8.23. The lowest BCUT2D eigenvalue weighted by Gasteiger charge is -2.32. The van der Waals surface area contributed by atoms with Gasteiger partial charge in [0.15, 0.2) is 6.10 Å². The largest absolute Gasteiger partial charge is 0.378 e. The summed E-state index contributed by atoms with van der Waals surface area (Å²) in [5, 5.41) is 21.6. The number of likely N-dealkylation sites (tertiary alicyclic amines) is 1. The molecule has 7 nitrogen and oxygen atoms in total. The van der Waals surface area contributed by atoms with Crippen molar-refractivity contribution in [1.82, 2.24) is 15.1 Å². The minimum Gasteiger partial charge on any atom is -0.378 e. The number of carbonyl (C=O) groups is 2. The molecule has 0 saturated carbocycles. The molecule has 0 bridgehead atoms. The van der Waals surface area contributed by atoms with E-state index in [1.165, 1.54) is 0 Å². The highest BCUT2D eigenvalue weighted by Crippen LogP contribution is 2.25. The van der Waals surface area contributed by atoms with Crippen LogP contribution in [-0.2, 0) is 9.59 Å². The lowest BCUT2D eigenvalue weighted by molar-refractivity contribution is -0.143. The molecular weight excluding hydrogens is 392 g/mol. The summed E-state index contributed by atoms with van der Waals surface area (Å²) in [6.45, 7) is 0.852. The normalized spacial score (nSPS) is 16.0. The van der Waals surface area contributed by atoms with Crippen molar-refractivity contribution in [3.8, 4) is 0 Å². The van der Waals surface area contributed by atoms with E-state index in [1.807, 2.05) is 18.2 Å². The van der Waals surface area contributed by atoms with Crippen LogP contribution in [0, 0.1) is 5.92 Å². The van der Waals surface area contributed by atoms with Gasteiger partial charge in [-0.15, -0.1) is 0 Å². The Morgan fingerprint density at radius 1 is 1.21 bits per heavy atom. The zero-order valence-corrected chi connectivity index (χ0v) is 16.4. The number of nitrogens with zero attached hydrogens (tertiary/aromatic N) is 2. The third-order valence-corrected chi connectivity index (χ3v) is 5.52. The van der Waals surface area contributed by atoms with Gasteiger partial charge in [0.1, 0.15) is 0 Å². The van der Waals surface area contributed by atoms with Crippen LogP contribution in [0.15, 0.2) is 48.7 Å². The van der Waals surface area contributed by atoms with Crippen LogP contribution in [0.5, 0.6) is 0 Å². The zero-order valence-electron chi connectivity index (χ0n) is 15.6. The number of hydrogen-bond acceptors (Lipinski definition) is 4. The number of H-pyrrole nitrogens is 1. The maximum Gasteiger partial charge on any atom is 0.256 e. The number of aliphatic hydroxyl groups excluding tert-OH is 1. The van der Waals surface area contributed by atoms with Crippen LogP contribution >= 0.6 is 11.6 Å². The monoisotopic (exact) mass is 412 g/mol. The quantitative estimate of drug-likeness (QED) is 0.613. The summed E-state index contributed by atoms with van der Waals surface area (Å²) in [7, 11) is 0. The van der Waals surface area contributed by atoms with Gasteiger partial charge in [-0.1, -0.05) is 23.7 Å². The van der Waals surface area contributed by atoms with Gasteiger partial charge in [-0.2, -0.15) is 5.10 Å². The number of benzene rings is 2. The predicted octanol–water partition coefficient (Wildman–Crippen LogP) is 3.13. The standard InChI is InChI=1S/C21H21ClN4O3/c22-16-3-1-2-14(10-16)19(27)21(29)26-8-6-13(7-9-26)20(28)24-17-4-5-18-15(11-17)12-23-25-18/h1-5,10-13,19,27H,6-9H2,(H,23,25)(H,24,28)/t19-/m1/s1. The predicted molar refractivity (Wildman–Crippen MR) is 110 cm³/mol. The Kier molecular flexibility index (Phi) is 5.51. The van der Waals surface area contributed by atoms with Gasteiger partial charge in [0.2, 0.25) is 5.91 Å². The molecule has 1 saturated heterocycles. The highest BCUT2D eigenvalue weighted by Gasteiger charge is 2.30. The second-order valence-corrected chi connectivity index (χ2v) is 7.65. The van der Waals surface area contributed by atoms with E-state index in [4.69, 9.17) is 11.6 Å². The number of anilines is 1. The zero-order chi connectivity index (χ0) is 20.4. The van der Waals surface area contributed by atoms with Gasteiger partial charge >= 0.3 is 0 Å². The first-order valence-electron chi connectivity index (χ1n) is 9.47. The van der Waals surface area contributed by atoms with Gasteiger partial charge in [-0.25, -0.2) is 0 Å². The molecule has 4 rings (SSSR count). The van der Waals surface area contributed by atoms with Crippen LogP contribution in [0.3, 0.4) is 0 Å². The molecule has 1 fully saturated rings. The van der Waals surface area contributed by atoms with Crippen LogP contribution in [0.2, 0.25) is 5.02 Å². The molecule has 1 atom stereocenters. The van der Waals surface area contributed by atoms with Gasteiger partial charge in [0.05, 0.1) is 11.7 Å². The van der Waals surface area contributed by atoms with E-state index in [2.05, 4.69) is 15.5 Å². The molecule has 29 heavy (non-hydrogen) atoms. The molecular formula is C21H21ClN4O3. The minimum atomic E-state index is -1.25. The van der Waals surface area contributed by atoms with Crippen molar-refractivity contribution in [2.24, 2.45) is 5.92 Å². The maximum atomic E-state index is 12.6. The number of hydrogen-bond donors (Lipinski definition) is 3. The maximum absolute atomic E-state index is 12.6.